The van der Waals surface area contributed by atoms with E-state index < -0.39 is 15.9 Å². The van der Waals surface area contributed by atoms with E-state index in [1.54, 1.807) is 0 Å². The van der Waals surface area contributed by atoms with E-state index in [0.717, 1.165) is 35.2 Å². The summed E-state index contributed by atoms with van der Waals surface area (Å²) < 4.78 is 33.5. The van der Waals surface area contributed by atoms with Crippen molar-refractivity contribution in [3.8, 4) is 5.75 Å². The van der Waals surface area contributed by atoms with E-state index in [2.05, 4.69) is 5.32 Å². The van der Waals surface area contributed by atoms with E-state index in [9.17, 15) is 13.2 Å². The number of benzene rings is 3. The quantitative estimate of drug-likeness (QED) is 0.374. The number of carbonyl (C=O) groups is 1. The van der Waals surface area contributed by atoms with E-state index in [1.165, 1.54) is 29.6 Å². The zero-order chi connectivity index (χ0) is 25.4. The van der Waals surface area contributed by atoms with Gasteiger partial charge in [0.25, 0.3) is 0 Å². The molecular formula is C27H31ClN2O4S. The molecule has 0 saturated carbocycles. The summed E-state index contributed by atoms with van der Waals surface area (Å²) in [6.07, 6.45) is 1.97. The average Bonchev–Trinajstić information content (AvgIpc) is 2.87. The van der Waals surface area contributed by atoms with Gasteiger partial charge >= 0.3 is 0 Å². The highest BCUT2D eigenvalue weighted by atomic mass is 35.5. The molecule has 1 amide bonds. The fourth-order valence-electron chi connectivity index (χ4n) is 3.88. The summed E-state index contributed by atoms with van der Waals surface area (Å²) in [5.41, 5.74) is 3.76. The third-order valence-electron chi connectivity index (χ3n) is 5.84. The van der Waals surface area contributed by atoms with E-state index in [-0.39, 0.29) is 23.0 Å². The fraction of sp³-hybridized carbons (Fsp3) is 0.296. The van der Waals surface area contributed by atoms with Gasteiger partial charge in [-0.25, -0.2) is 8.42 Å². The van der Waals surface area contributed by atoms with Gasteiger partial charge in [-0.1, -0.05) is 74.0 Å². The second kappa shape index (κ2) is 12.2. The number of para-hydroxylation sites is 1. The normalized spacial score (nSPS) is 11.5. The van der Waals surface area contributed by atoms with Gasteiger partial charge in [0.2, 0.25) is 15.9 Å². The fourth-order valence-corrected chi connectivity index (χ4v) is 5.63. The molecule has 0 aliphatic rings. The summed E-state index contributed by atoms with van der Waals surface area (Å²) in [4.78, 5) is 13.2. The van der Waals surface area contributed by atoms with Crippen LogP contribution in [0.5, 0.6) is 5.75 Å². The molecule has 1 N–H and O–H groups in total. The average molecular weight is 515 g/mol. The van der Waals surface area contributed by atoms with Gasteiger partial charge in [0.15, 0.2) is 0 Å². The van der Waals surface area contributed by atoms with Gasteiger partial charge in [0, 0.05) is 12.2 Å². The van der Waals surface area contributed by atoms with Crippen molar-refractivity contribution in [2.24, 2.45) is 0 Å². The molecule has 8 heteroatoms. The number of ether oxygens (including phenoxy) is 1. The molecule has 186 valence electrons. The van der Waals surface area contributed by atoms with Crippen LogP contribution in [0.1, 0.15) is 30.5 Å². The maximum atomic E-state index is 13.6. The van der Waals surface area contributed by atoms with Gasteiger partial charge in [-0.2, -0.15) is 4.31 Å². The van der Waals surface area contributed by atoms with Crippen LogP contribution in [0.4, 0.5) is 5.69 Å². The third-order valence-corrected chi connectivity index (χ3v) is 7.97. The molecule has 0 saturated heterocycles. The molecule has 0 bridgehead atoms. The molecule has 0 aromatic heterocycles. The Labute approximate surface area is 212 Å². The summed E-state index contributed by atoms with van der Waals surface area (Å²) >= 11 is 6.21. The lowest BCUT2D eigenvalue weighted by molar-refractivity contribution is -0.116. The largest absolute Gasteiger partial charge is 0.495 e. The number of aryl methyl sites for hydroxylation is 2. The Morgan fingerprint density at radius 3 is 2.20 bits per heavy atom. The molecule has 0 fully saturated rings. The molecule has 3 aromatic carbocycles. The number of hydrogen-bond donors (Lipinski definition) is 1. The summed E-state index contributed by atoms with van der Waals surface area (Å²) in [6, 6.07) is 19.8. The predicted octanol–water partition coefficient (Wildman–Crippen LogP) is 5.35. The summed E-state index contributed by atoms with van der Waals surface area (Å²) in [7, 11) is -2.54. The molecule has 35 heavy (non-hydrogen) atoms. The Bertz CT molecular complexity index is 1240. The molecule has 0 radical (unpaired) electrons. The van der Waals surface area contributed by atoms with Crippen molar-refractivity contribution in [1.82, 2.24) is 4.31 Å². The molecule has 3 aromatic rings. The lowest BCUT2D eigenvalue weighted by Gasteiger charge is -2.23. The summed E-state index contributed by atoms with van der Waals surface area (Å²) in [5.74, 6) is -0.0145. The first kappa shape index (κ1) is 26.7. The number of hydrogen-bond acceptors (Lipinski definition) is 4. The minimum Gasteiger partial charge on any atom is -0.495 e. The molecule has 0 aliphatic carbocycles. The van der Waals surface area contributed by atoms with Crippen LogP contribution in [0.25, 0.3) is 0 Å². The summed E-state index contributed by atoms with van der Waals surface area (Å²) in [6.45, 7) is 3.86. The van der Waals surface area contributed by atoms with Crippen molar-refractivity contribution < 1.29 is 17.9 Å². The lowest BCUT2D eigenvalue weighted by Crippen LogP contribution is -2.39. The molecular weight excluding hydrogens is 484 g/mol. The highest BCUT2D eigenvalue weighted by molar-refractivity contribution is 7.89. The van der Waals surface area contributed by atoms with E-state index >= 15 is 0 Å². The van der Waals surface area contributed by atoms with Crippen LogP contribution < -0.4 is 10.1 Å². The standard InChI is InChI=1S/C27H31ClN2O4S/c1-4-21-12-9-13-22(5-2)27(21)29-26(31)19-30(17-16-20-10-7-6-8-11-20)35(32,33)23-14-15-25(34-3)24(28)18-23/h6-15,18H,4-5,16-17,19H2,1-3H3,(H,29,31). The first-order valence-electron chi connectivity index (χ1n) is 11.6. The second-order valence-electron chi connectivity index (χ2n) is 8.08. The van der Waals surface area contributed by atoms with Gasteiger partial charge in [-0.3, -0.25) is 4.79 Å². The number of methoxy groups -OCH3 is 1. The number of rotatable bonds is 11. The monoisotopic (exact) mass is 514 g/mol. The number of halogens is 1. The maximum absolute atomic E-state index is 13.6. The molecule has 0 unspecified atom stereocenters. The second-order valence-corrected chi connectivity index (χ2v) is 10.4. The van der Waals surface area contributed by atoms with E-state index in [0.29, 0.717) is 12.2 Å². The van der Waals surface area contributed by atoms with Crippen LogP contribution in [0, 0.1) is 0 Å². The number of anilines is 1. The van der Waals surface area contributed by atoms with Gasteiger partial charge < -0.3 is 10.1 Å². The molecule has 0 atom stereocenters. The SMILES string of the molecule is CCc1cccc(CC)c1NC(=O)CN(CCc1ccccc1)S(=O)(=O)c1ccc(OC)c(Cl)c1. The van der Waals surface area contributed by atoms with Gasteiger partial charge in [-0.15, -0.1) is 0 Å². The van der Waals surface area contributed by atoms with Crippen molar-refractivity contribution in [3.05, 3.63) is 88.4 Å². The predicted molar refractivity (Wildman–Crippen MR) is 141 cm³/mol. The van der Waals surface area contributed by atoms with Crippen molar-refractivity contribution in [2.45, 2.75) is 38.0 Å². The van der Waals surface area contributed by atoms with Crippen LogP contribution in [-0.2, 0) is 34.1 Å². The van der Waals surface area contributed by atoms with Crippen LogP contribution >= 0.6 is 11.6 Å². The molecule has 0 spiro atoms. The Hall–Kier alpha value is -2.87. The summed E-state index contributed by atoms with van der Waals surface area (Å²) in [5, 5.41) is 3.16. The zero-order valence-corrected chi connectivity index (χ0v) is 21.8. The highest BCUT2D eigenvalue weighted by Crippen LogP contribution is 2.29. The number of nitrogens with zero attached hydrogens (tertiary/aromatic N) is 1. The first-order valence-corrected chi connectivity index (χ1v) is 13.4. The number of carbonyl (C=O) groups excluding carboxylic acids is 1. The van der Waals surface area contributed by atoms with Gasteiger partial charge in [-0.05, 0) is 54.2 Å². The number of sulfonamides is 1. The molecule has 0 aliphatic heterocycles. The van der Waals surface area contributed by atoms with E-state index in [4.69, 9.17) is 16.3 Å². The number of amides is 1. The van der Waals surface area contributed by atoms with Crippen molar-refractivity contribution in [2.75, 3.05) is 25.5 Å². The van der Waals surface area contributed by atoms with Gasteiger partial charge in [0.1, 0.15) is 5.75 Å². The minimum absolute atomic E-state index is 0.00682. The smallest absolute Gasteiger partial charge is 0.243 e. The van der Waals surface area contributed by atoms with Crippen LogP contribution in [0.15, 0.2) is 71.6 Å². The van der Waals surface area contributed by atoms with Gasteiger partial charge in [0.05, 0.1) is 23.6 Å². The molecule has 6 nitrogen and oxygen atoms in total. The molecule has 3 rings (SSSR count). The van der Waals surface area contributed by atoms with Crippen LogP contribution in [0.2, 0.25) is 5.02 Å². The Morgan fingerprint density at radius 1 is 0.971 bits per heavy atom. The van der Waals surface area contributed by atoms with Crippen molar-refractivity contribution in [1.29, 1.82) is 0 Å². The van der Waals surface area contributed by atoms with Crippen molar-refractivity contribution >= 4 is 33.2 Å². The van der Waals surface area contributed by atoms with Crippen LogP contribution in [-0.4, -0.2) is 38.8 Å². The zero-order valence-electron chi connectivity index (χ0n) is 20.3. The third kappa shape index (κ3) is 6.63. The first-order chi connectivity index (χ1) is 16.8. The van der Waals surface area contributed by atoms with Crippen molar-refractivity contribution in [3.63, 3.8) is 0 Å². The Balaban J connectivity index is 1.90. The maximum Gasteiger partial charge on any atom is 0.243 e. The van der Waals surface area contributed by atoms with Crippen LogP contribution in [0.3, 0.4) is 0 Å². The highest BCUT2D eigenvalue weighted by Gasteiger charge is 2.28. The topological polar surface area (TPSA) is 75.7 Å². The van der Waals surface area contributed by atoms with E-state index in [1.807, 2.05) is 62.4 Å². The minimum atomic E-state index is -4.00. The molecule has 0 heterocycles. The lowest BCUT2D eigenvalue weighted by atomic mass is 10.0. The Morgan fingerprint density at radius 2 is 1.63 bits per heavy atom. The Kier molecular flexibility index (Phi) is 9.32. The number of nitrogens with one attached hydrogen (secondary N) is 1.